The molecule has 0 saturated carbocycles. The number of aromatic nitrogens is 3. The number of hydrogen-bond donors (Lipinski definition) is 1. The summed E-state index contributed by atoms with van der Waals surface area (Å²) in [5, 5.41) is 7.34. The number of rotatable bonds is 2. The number of amides is 1. The Labute approximate surface area is 129 Å². The summed E-state index contributed by atoms with van der Waals surface area (Å²) in [6.45, 7) is 7.95. The van der Waals surface area contributed by atoms with E-state index >= 15 is 0 Å². The van der Waals surface area contributed by atoms with Crippen molar-refractivity contribution in [1.82, 2.24) is 14.8 Å². The summed E-state index contributed by atoms with van der Waals surface area (Å²) in [6, 6.07) is 5.14. The number of nitrogens with zero attached hydrogens (tertiary/aromatic N) is 3. The van der Waals surface area contributed by atoms with Crippen LogP contribution in [0.25, 0.3) is 0 Å². The lowest BCUT2D eigenvalue weighted by atomic mass is 9.91. The molecule has 0 aliphatic heterocycles. The number of pyridine rings is 1. The van der Waals surface area contributed by atoms with Gasteiger partial charge in [0.25, 0.3) is 5.91 Å². The quantitative estimate of drug-likeness (QED) is 0.866. The maximum absolute atomic E-state index is 12.4. The zero-order valence-corrected chi connectivity index (χ0v) is 13.6. The van der Waals surface area contributed by atoms with Gasteiger partial charge >= 0.3 is 0 Å². The van der Waals surface area contributed by atoms with Crippen LogP contribution in [0.4, 0.5) is 5.82 Å². The fourth-order valence-electron chi connectivity index (χ4n) is 1.93. The van der Waals surface area contributed by atoms with Crippen LogP contribution >= 0.6 is 11.6 Å². The fraction of sp³-hybridized carbons (Fsp3) is 0.400. The monoisotopic (exact) mass is 306 g/mol. The smallest absolute Gasteiger partial charge is 0.256 e. The highest BCUT2D eigenvalue weighted by Gasteiger charge is 2.19. The summed E-state index contributed by atoms with van der Waals surface area (Å²) in [6.07, 6.45) is 0. The van der Waals surface area contributed by atoms with Crippen LogP contribution in [0.5, 0.6) is 0 Å². The molecule has 2 heterocycles. The molecule has 6 heteroatoms. The zero-order valence-electron chi connectivity index (χ0n) is 12.9. The molecular weight excluding hydrogens is 288 g/mol. The van der Waals surface area contributed by atoms with Crippen molar-refractivity contribution in [3.05, 3.63) is 40.3 Å². The summed E-state index contributed by atoms with van der Waals surface area (Å²) in [5.41, 5.74) is 1.93. The predicted molar refractivity (Wildman–Crippen MR) is 83.8 cm³/mol. The van der Waals surface area contributed by atoms with Gasteiger partial charge in [0.2, 0.25) is 0 Å². The molecule has 0 aliphatic carbocycles. The Morgan fingerprint density at radius 1 is 1.29 bits per heavy atom. The maximum Gasteiger partial charge on any atom is 0.256 e. The third-order valence-corrected chi connectivity index (χ3v) is 3.26. The van der Waals surface area contributed by atoms with Crippen molar-refractivity contribution in [2.75, 3.05) is 5.32 Å². The van der Waals surface area contributed by atoms with Gasteiger partial charge in [-0.3, -0.25) is 9.48 Å². The fourth-order valence-corrected chi connectivity index (χ4v) is 2.14. The van der Waals surface area contributed by atoms with Gasteiger partial charge in [0.1, 0.15) is 11.0 Å². The number of nitrogens with one attached hydrogen (secondary N) is 1. The van der Waals surface area contributed by atoms with Crippen LogP contribution in [-0.4, -0.2) is 20.7 Å². The van der Waals surface area contributed by atoms with Crippen LogP contribution in [0.3, 0.4) is 0 Å². The summed E-state index contributed by atoms with van der Waals surface area (Å²) in [7, 11) is 1.78. The van der Waals surface area contributed by atoms with Crippen LogP contribution in [0.15, 0.2) is 18.2 Å². The molecule has 2 rings (SSSR count). The second-order valence-electron chi connectivity index (χ2n) is 6.06. The van der Waals surface area contributed by atoms with E-state index in [0.717, 1.165) is 11.4 Å². The minimum Gasteiger partial charge on any atom is -0.307 e. The Kier molecular flexibility index (Phi) is 4.05. The lowest BCUT2D eigenvalue weighted by molar-refractivity contribution is 0.102. The number of hydrogen-bond acceptors (Lipinski definition) is 3. The predicted octanol–water partition coefficient (Wildman–Crippen LogP) is 3.33. The van der Waals surface area contributed by atoms with Gasteiger partial charge in [-0.25, -0.2) is 4.98 Å². The first-order chi connectivity index (χ1) is 9.66. The van der Waals surface area contributed by atoms with Crippen molar-refractivity contribution in [1.29, 1.82) is 0 Å². The van der Waals surface area contributed by atoms with Crippen LogP contribution in [0, 0.1) is 6.92 Å². The molecule has 2 aromatic rings. The van der Waals surface area contributed by atoms with Crippen LogP contribution < -0.4 is 5.32 Å². The molecule has 0 radical (unpaired) electrons. The van der Waals surface area contributed by atoms with E-state index in [9.17, 15) is 4.79 Å². The Bertz CT molecular complexity index is 685. The van der Waals surface area contributed by atoms with E-state index in [1.807, 2.05) is 33.8 Å². The molecule has 5 nitrogen and oxygen atoms in total. The highest BCUT2D eigenvalue weighted by Crippen LogP contribution is 2.24. The molecule has 1 amide bonds. The first-order valence-corrected chi connectivity index (χ1v) is 7.04. The van der Waals surface area contributed by atoms with E-state index in [2.05, 4.69) is 15.4 Å². The highest BCUT2D eigenvalue weighted by atomic mass is 35.5. The molecule has 0 atom stereocenters. The van der Waals surface area contributed by atoms with E-state index in [4.69, 9.17) is 11.6 Å². The first kappa shape index (κ1) is 15.5. The van der Waals surface area contributed by atoms with E-state index in [1.54, 1.807) is 23.9 Å². The van der Waals surface area contributed by atoms with Gasteiger partial charge in [0, 0.05) is 29.8 Å². The van der Waals surface area contributed by atoms with Gasteiger partial charge in [-0.2, -0.15) is 5.10 Å². The molecule has 0 aliphatic rings. The maximum atomic E-state index is 12.4. The average Bonchev–Trinajstić information content (AvgIpc) is 2.66. The van der Waals surface area contributed by atoms with E-state index in [-0.39, 0.29) is 11.3 Å². The van der Waals surface area contributed by atoms with E-state index in [1.165, 1.54) is 0 Å². The summed E-state index contributed by atoms with van der Waals surface area (Å²) < 4.78 is 1.63. The Morgan fingerprint density at radius 2 is 1.95 bits per heavy atom. The topological polar surface area (TPSA) is 59.8 Å². The van der Waals surface area contributed by atoms with Crippen LogP contribution in [0.2, 0.25) is 5.15 Å². The lowest BCUT2D eigenvalue weighted by Gasteiger charge is -2.18. The average molecular weight is 307 g/mol. The second-order valence-corrected chi connectivity index (χ2v) is 6.45. The SMILES string of the molecule is Cc1cc(NC(=O)c2cc(Cl)nc(C(C)(C)C)c2)n(C)n1. The van der Waals surface area contributed by atoms with Crippen molar-refractivity contribution < 1.29 is 4.79 Å². The molecule has 1 N–H and O–H groups in total. The first-order valence-electron chi connectivity index (χ1n) is 6.67. The molecule has 0 unspecified atom stereocenters. The van der Waals surface area contributed by atoms with Gasteiger partial charge in [-0.15, -0.1) is 0 Å². The highest BCUT2D eigenvalue weighted by molar-refractivity contribution is 6.29. The van der Waals surface area contributed by atoms with Gasteiger partial charge in [-0.1, -0.05) is 32.4 Å². The number of halogens is 1. The minimum absolute atomic E-state index is 0.178. The third kappa shape index (κ3) is 3.61. The van der Waals surface area contributed by atoms with Gasteiger partial charge in [-0.05, 0) is 19.1 Å². The number of aryl methyl sites for hydroxylation is 2. The summed E-state index contributed by atoms with van der Waals surface area (Å²) in [5.74, 6) is 0.413. The largest absolute Gasteiger partial charge is 0.307 e. The summed E-state index contributed by atoms with van der Waals surface area (Å²) in [4.78, 5) is 16.7. The standard InChI is InChI=1S/C15H19ClN4O/c1-9-6-13(20(5)19-9)18-14(21)10-7-11(15(2,3)4)17-12(16)8-10/h6-8H,1-5H3,(H,18,21). The minimum atomic E-state index is -0.229. The Balaban J connectivity index is 2.31. The molecular formula is C15H19ClN4O. The van der Waals surface area contributed by atoms with Gasteiger partial charge in [0.15, 0.2) is 0 Å². The number of carbonyl (C=O) groups is 1. The number of anilines is 1. The van der Waals surface area contributed by atoms with Gasteiger partial charge in [0.05, 0.1) is 5.69 Å². The molecule has 0 fully saturated rings. The van der Waals surface area contributed by atoms with Crippen molar-refractivity contribution in [2.24, 2.45) is 7.05 Å². The zero-order chi connectivity index (χ0) is 15.8. The Hall–Kier alpha value is -1.88. The van der Waals surface area contributed by atoms with Crippen molar-refractivity contribution in [2.45, 2.75) is 33.1 Å². The molecule has 0 aromatic carbocycles. The van der Waals surface area contributed by atoms with Gasteiger partial charge < -0.3 is 5.32 Å². The molecule has 0 saturated heterocycles. The van der Waals surface area contributed by atoms with Crippen molar-refractivity contribution in [3.8, 4) is 0 Å². The lowest BCUT2D eigenvalue weighted by Crippen LogP contribution is -2.18. The van der Waals surface area contributed by atoms with Crippen molar-refractivity contribution >= 4 is 23.3 Å². The van der Waals surface area contributed by atoms with Crippen LogP contribution in [0.1, 0.15) is 42.5 Å². The molecule has 0 bridgehead atoms. The molecule has 0 spiro atoms. The molecule has 2 aromatic heterocycles. The molecule has 21 heavy (non-hydrogen) atoms. The third-order valence-electron chi connectivity index (χ3n) is 3.07. The second kappa shape index (κ2) is 5.48. The van der Waals surface area contributed by atoms with E-state index < -0.39 is 0 Å². The normalized spacial score (nSPS) is 11.5. The van der Waals surface area contributed by atoms with Crippen LogP contribution in [-0.2, 0) is 12.5 Å². The van der Waals surface area contributed by atoms with E-state index in [0.29, 0.717) is 16.5 Å². The Morgan fingerprint density at radius 3 is 2.48 bits per heavy atom. The number of carbonyl (C=O) groups excluding carboxylic acids is 1. The molecule has 112 valence electrons. The van der Waals surface area contributed by atoms with Crippen molar-refractivity contribution in [3.63, 3.8) is 0 Å². The summed E-state index contributed by atoms with van der Waals surface area (Å²) >= 11 is 6.03.